The Bertz CT molecular complexity index is 534. The van der Waals surface area contributed by atoms with Crippen molar-refractivity contribution in [3.05, 3.63) is 10.4 Å². The quantitative estimate of drug-likeness (QED) is 0.610. The molecule has 20 heavy (non-hydrogen) atoms. The zero-order valence-electron chi connectivity index (χ0n) is 11.3. The maximum atomic E-state index is 12.0. The van der Waals surface area contributed by atoms with Gasteiger partial charge < -0.3 is 27.4 Å². The average Bonchev–Trinajstić information content (AvgIpc) is 2.76. The molecule has 1 fully saturated rings. The van der Waals surface area contributed by atoms with E-state index in [0.717, 1.165) is 25.9 Å². The van der Waals surface area contributed by atoms with Gasteiger partial charge in [-0.05, 0) is 12.8 Å². The second-order valence-corrected chi connectivity index (χ2v) is 5.79. The number of hydrogen-bond acceptors (Lipinski definition) is 6. The molecule has 1 aliphatic rings. The minimum Gasteiger partial charge on any atom is -0.397 e. The molecule has 0 bridgehead atoms. The Kier molecular flexibility index (Phi) is 4.15. The number of primary amides is 1. The van der Waals surface area contributed by atoms with Gasteiger partial charge in [-0.25, -0.2) is 0 Å². The molecular formula is C12H19N5O2S. The lowest BCUT2D eigenvalue weighted by Crippen LogP contribution is -2.40. The first kappa shape index (κ1) is 14.6. The number of nitrogens with one attached hydrogen (secondary N) is 1. The molecule has 2 amide bonds. The van der Waals surface area contributed by atoms with E-state index in [1.807, 2.05) is 4.90 Å². The number of amides is 2. The first-order valence-corrected chi connectivity index (χ1v) is 7.22. The van der Waals surface area contributed by atoms with Gasteiger partial charge in [-0.3, -0.25) is 9.59 Å². The summed E-state index contributed by atoms with van der Waals surface area (Å²) in [6.45, 7) is 1.48. The van der Waals surface area contributed by atoms with Gasteiger partial charge >= 0.3 is 0 Å². The van der Waals surface area contributed by atoms with E-state index in [9.17, 15) is 9.59 Å². The summed E-state index contributed by atoms with van der Waals surface area (Å²) in [5.41, 5.74) is 17.6. The first-order valence-electron chi connectivity index (χ1n) is 6.40. The van der Waals surface area contributed by atoms with Gasteiger partial charge in [0.25, 0.3) is 11.8 Å². The maximum absolute atomic E-state index is 12.0. The van der Waals surface area contributed by atoms with E-state index in [-0.39, 0.29) is 22.5 Å². The van der Waals surface area contributed by atoms with E-state index in [4.69, 9.17) is 17.2 Å². The Morgan fingerprint density at radius 1 is 1.35 bits per heavy atom. The average molecular weight is 297 g/mol. The Hall–Kier alpha value is -1.80. The Balaban J connectivity index is 2.43. The van der Waals surface area contributed by atoms with Crippen molar-refractivity contribution >= 4 is 33.8 Å². The standard InChI is InChI=1S/C12H19N5O2S/c1-16-11(19)7-8(14)9(10(15)18)20-12(7)17-4-2-6(13)3-5-17/h6H,2-5,13-14H2,1H3,(H2,15,18)(H,16,19). The number of nitrogens with two attached hydrogens (primary N) is 3. The van der Waals surface area contributed by atoms with E-state index in [1.54, 1.807) is 0 Å². The highest BCUT2D eigenvalue weighted by Gasteiger charge is 2.28. The van der Waals surface area contributed by atoms with E-state index in [0.29, 0.717) is 10.6 Å². The van der Waals surface area contributed by atoms with Crippen molar-refractivity contribution < 1.29 is 9.59 Å². The normalized spacial score (nSPS) is 16.2. The van der Waals surface area contributed by atoms with Crippen molar-refractivity contribution in [2.75, 3.05) is 30.8 Å². The highest BCUT2D eigenvalue weighted by atomic mass is 32.1. The predicted octanol–water partition coefficient (Wildman–Crippen LogP) is -0.284. The molecule has 0 unspecified atom stereocenters. The van der Waals surface area contributed by atoms with Crippen LogP contribution in [-0.4, -0.2) is 38.0 Å². The molecule has 0 aromatic carbocycles. The number of carbonyl (C=O) groups is 2. The topological polar surface area (TPSA) is 127 Å². The summed E-state index contributed by atoms with van der Waals surface area (Å²) in [5, 5.41) is 3.24. The molecule has 0 spiro atoms. The van der Waals surface area contributed by atoms with Crippen LogP contribution in [0.1, 0.15) is 32.9 Å². The van der Waals surface area contributed by atoms with E-state index in [1.165, 1.54) is 18.4 Å². The molecule has 1 aromatic heterocycles. The molecular weight excluding hydrogens is 278 g/mol. The number of piperidine rings is 1. The molecule has 2 rings (SSSR count). The van der Waals surface area contributed by atoms with Crippen molar-refractivity contribution in [2.24, 2.45) is 11.5 Å². The molecule has 0 radical (unpaired) electrons. The Morgan fingerprint density at radius 3 is 2.45 bits per heavy atom. The highest BCUT2D eigenvalue weighted by Crippen LogP contribution is 2.39. The van der Waals surface area contributed by atoms with Crippen LogP contribution in [-0.2, 0) is 0 Å². The van der Waals surface area contributed by atoms with Gasteiger partial charge in [-0.15, -0.1) is 11.3 Å². The molecule has 110 valence electrons. The monoisotopic (exact) mass is 297 g/mol. The van der Waals surface area contributed by atoms with Crippen molar-refractivity contribution in [1.29, 1.82) is 0 Å². The van der Waals surface area contributed by atoms with E-state index < -0.39 is 5.91 Å². The van der Waals surface area contributed by atoms with Gasteiger partial charge in [0.15, 0.2) is 0 Å². The highest BCUT2D eigenvalue weighted by molar-refractivity contribution is 7.19. The Labute approximate surface area is 121 Å². The van der Waals surface area contributed by atoms with Crippen molar-refractivity contribution in [2.45, 2.75) is 18.9 Å². The molecule has 0 aliphatic carbocycles. The van der Waals surface area contributed by atoms with Crippen LogP contribution in [0, 0.1) is 0 Å². The van der Waals surface area contributed by atoms with Crippen LogP contribution < -0.4 is 27.4 Å². The third-order valence-corrected chi connectivity index (χ3v) is 4.71. The molecule has 0 saturated carbocycles. The summed E-state index contributed by atoms with van der Waals surface area (Å²) < 4.78 is 0. The summed E-state index contributed by atoms with van der Waals surface area (Å²) in [5.74, 6) is -0.922. The van der Waals surface area contributed by atoms with Crippen LogP contribution in [0.4, 0.5) is 10.7 Å². The number of anilines is 2. The van der Waals surface area contributed by atoms with Crippen LogP contribution in [0.15, 0.2) is 0 Å². The largest absolute Gasteiger partial charge is 0.397 e. The molecule has 1 aliphatic heterocycles. The van der Waals surface area contributed by atoms with Crippen LogP contribution in [0.5, 0.6) is 0 Å². The van der Waals surface area contributed by atoms with Gasteiger partial charge in [0.2, 0.25) is 0 Å². The number of carbonyl (C=O) groups excluding carboxylic acids is 2. The van der Waals surface area contributed by atoms with Gasteiger partial charge in [-0.2, -0.15) is 0 Å². The van der Waals surface area contributed by atoms with E-state index in [2.05, 4.69) is 5.32 Å². The van der Waals surface area contributed by atoms with Gasteiger partial charge in [0.05, 0.1) is 11.3 Å². The lowest BCUT2D eigenvalue weighted by Gasteiger charge is -2.31. The summed E-state index contributed by atoms with van der Waals surface area (Å²) >= 11 is 1.17. The van der Waals surface area contributed by atoms with Gasteiger partial charge in [-0.1, -0.05) is 0 Å². The number of nitrogens with zero attached hydrogens (tertiary/aromatic N) is 1. The lowest BCUT2D eigenvalue weighted by atomic mass is 10.1. The van der Waals surface area contributed by atoms with Crippen LogP contribution >= 0.6 is 11.3 Å². The number of nitrogen functional groups attached to an aromatic ring is 1. The SMILES string of the molecule is CNC(=O)c1c(N2CCC(N)CC2)sc(C(N)=O)c1N. The van der Waals surface area contributed by atoms with Crippen molar-refractivity contribution in [1.82, 2.24) is 5.32 Å². The van der Waals surface area contributed by atoms with Crippen LogP contribution in [0.25, 0.3) is 0 Å². The van der Waals surface area contributed by atoms with Crippen molar-refractivity contribution in [3.63, 3.8) is 0 Å². The fourth-order valence-corrected chi connectivity index (χ4v) is 3.41. The van der Waals surface area contributed by atoms with Crippen LogP contribution in [0.2, 0.25) is 0 Å². The molecule has 8 heteroatoms. The molecule has 0 atom stereocenters. The summed E-state index contributed by atoms with van der Waals surface area (Å²) in [4.78, 5) is 25.7. The Morgan fingerprint density at radius 2 is 1.95 bits per heavy atom. The maximum Gasteiger partial charge on any atom is 0.260 e. The third kappa shape index (κ3) is 2.56. The summed E-state index contributed by atoms with van der Waals surface area (Å²) in [6, 6.07) is 0.183. The van der Waals surface area contributed by atoms with Crippen LogP contribution in [0.3, 0.4) is 0 Å². The molecule has 2 heterocycles. The number of hydrogen-bond donors (Lipinski definition) is 4. The summed E-state index contributed by atoms with van der Waals surface area (Å²) in [7, 11) is 1.53. The minimum absolute atomic E-state index is 0.159. The zero-order chi connectivity index (χ0) is 14.9. The van der Waals surface area contributed by atoms with Gasteiger partial charge in [0.1, 0.15) is 9.88 Å². The fraction of sp³-hybridized carbons (Fsp3) is 0.500. The molecule has 1 saturated heterocycles. The number of thiophene rings is 1. The van der Waals surface area contributed by atoms with E-state index >= 15 is 0 Å². The summed E-state index contributed by atoms with van der Waals surface area (Å²) in [6.07, 6.45) is 1.69. The first-order chi connectivity index (χ1) is 9.45. The number of rotatable bonds is 3. The second-order valence-electron chi connectivity index (χ2n) is 4.79. The fourth-order valence-electron chi connectivity index (χ4n) is 2.28. The zero-order valence-corrected chi connectivity index (χ0v) is 12.1. The van der Waals surface area contributed by atoms with Crippen molar-refractivity contribution in [3.8, 4) is 0 Å². The minimum atomic E-state index is -0.613. The molecule has 7 N–H and O–H groups in total. The smallest absolute Gasteiger partial charge is 0.260 e. The van der Waals surface area contributed by atoms with Gasteiger partial charge in [0, 0.05) is 26.2 Å². The third-order valence-electron chi connectivity index (χ3n) is 3.43. The second kappa shape index (κ2) is 5.68. The lowest BCUT2D eigenvalue weighted by molar-refractivity contribution is 0.0964. The molecule has 7 nitrogen and oxygen atoms in total. The molecule has 1 aromatic rings. The predicted molar refractivity (Wildman–Crippen MR) is 80.1 cm³/mol.